The highest BCUT2D eigenvalue weighted by Crippen LogP contribution is 2.32. The molecule has 2 unspecified atom stereocenters. The summed E-state index contributed by atoms with van der Waals surface area (Å²) in [7, 11) is 0. The highest BCUT2D eigenvalue weighted by molar-refractivity contribution is 5.84. The second kappa shape index (κ2) is 5.92. The number of hydrogen-bond donors (Lipinski definition) is 1. The van der Waals surface area contributed by atoms with Gasteiger partial charge in [0.2, 0.25) is 0 Å². The largest absolute Gasteiger partial charge is 0.388 e. The zero-order valence-corrected chi connectivity index (χ0v) is 12.9. The van der Waals surface area contributed by atoms with Crippen molar-refractivity contribution in [2.24, 2.45) is 11.3 Å². The monoisotopic (exact) mass is 271 g/mol. The zero-order valence-electron chi connectivity index (χ0n) is 12.9. The molecule has 0 radical (unpaired) electrons. The van der Waals surface area contributed by atoms with Gasteiger partial charge in [0, 0.05) is 23.3 Å². The second-order valence-electron chi connectivity index (χ2n) is 7.07. The van der Waals surface area contributed by atoms with Crippen LogP contribution in [-0.2, 0) is 0 Å². The Labute approximate surface area is 121 Å². The van der Waals surface area contributed by atoms with Gasteiger partial charge in [0.1, 0.15) is 0 Å². The summed E-state index contributed by atoms with van der Waals surface area (Å²) in [6.07, 6.45) is 5.11. The van der Waals surface area contributed by atoms with Crippen LogP contribution in [0.4, 0.5) is 0 Å². The molecule has 108 valence electrons. The Morgan fingerprint density at radius 1 is 1.15 bits per heavy atom. The average Bonchev–Trinajstić information content (AvgIpc) is 2.35. The summed E-state index contributed by atoms with van der Waals surface area (Å²) in [5.41, 5.74) is 1.25. The molecule has 1 heterocycles. The van der Waals surface area contributed by atoms with Crippen molar-refractivity contribution in [2.45, 2.75) is 46.6 Å². The maximum Gasteiger partial charge on any atom is 0.0813 e. The molecule has 20 heavy (non-hydrogen) atoms. The van der Waals surface area contributed by atoms with Crippen LogP contribution in [0.2, 0.25) is 0 Å². The van der Waals surface area contributed by atoms with Gasteiger partial charge in [-0.05, 0) is 29.6 Å². The van der Waals surface area contributed by atoms with E-state index in [2.05, 4.69) is 38.7 Å². The smallest absolute Gasteiger partial charge is 0.0813 e. The SMILES string of the molecule is CC(CC(O)c1cncc2ccccc12)CC(C)(C)C. The van der Waals surface area contributed by atoms with Crippen molar-refractivity contribution in [1.29, 1.82) is 0 Å². The van der Waals surface area contributed by atoms with E-state index in [1.807, 2.05) is 24.4 Å². The molecule has 1 aromatic heterocycles. The van der Waals surface area contributed by atoms with Crippen LogP contribution in [0.25, 0.3) is 10.8 Å². The minimum atomic E-state index is -0.439. The minimum absolute atomic E-state index is 0.302. The lowest BCUT2D eigenvalue weighted by Crippen LogP contribution is -2.14. The fourth-order valence-electron chi connectivity index (χ4n) is 3.04. The van der Waals surface area contributed by atoms with E-state index in [9.17, 15) is 5.11 Å². The predicted octanol–water partition coefficient (Wildman–Crippen LogP) is 4.73. The second-order valence-corrected chi connectivity index (χ2v) is 7.07. The topological polar surface area (TPSA) is 33.1 Å². The molecule has 0 amide bonds. The van der Waals surface area contributed by atoms with Crippen LogP contribution in [-0.4, -0.2) is 10.1 Å². The molecule has 2 nitrogen and oxygen atoms in total. The van der Waals surface area contributed by atoms with Gasteiger partial charge in [-0.3, -0.25) is 4.98 Å². The quantitative estimate of drug-likeness (QED) is 0.872. The van der Waals surface area contributed by atoms with Crippen LogP contribution in [0.1, 0.15) is 52.2 Å². The fourth-order valence-corrected chi connectivity index (χ4v) is 3.04. The van der Waals surface area contributed by atoms with Crippen LogP contribution < -0.4 is 0 Å². The molecule has 2 heteroatoms. The van der Waals surface area contributed by atoms with E-state index in [1.54, 1.807) is 6.20 Å². The average molecular weight is 271 g/mol. The van der Waals surface area contributed by atoms with Crippen molar-refractivity contribution < 1.29 is 5.11 Å². The molecule has 0 aliphatic heterocycles. The maximum atomic E-state index is 10.5. The molecule has 0 fully saturated rings. The standard InChI is InChI=1S/C18H25NO/c1-13(10-18(2,3)4)9-17(20)16-12-19-11-14-7-5-6-8-15(14)16/h5-8,11-13,17,20H,9-10H2,1-4H3. The number of aliphatic hydroxyl groups excluding tert-OH is 1. The van der Waals surface area contributed by atoms with Crippen molar-refractivity contribution in [1.82, 2.24) is 4.98 Å². The molecule has 2 aromatic rings. The van der Waals surface area contributed by atoms with E-state index < -0.39 is 6.10 Å². The Bertz CT molecular complexity index is 566. The summed E-state index contributed by atoms with van der Waals surface area (Å²) in [6.45, 7) is 8.95. The van der Waals surface area contributed by atoms with Gasteiger partial charge in [-0.1, -0.05) is 52.0 Å². The molecule has 0 saturated heterocycles. The van der Waals surface area contributed by atoms with Crippen molar-refractivity contribution in [3.8, 4) is 0 Å². The number of aliphatic hydroxyl groups is 1. The van der Waals surface area contributed by atoms with Crippen LogP contribution in [0.15, 0.2) is 36.7 Å². The Morgan fingerprint density at radius 3 is 2.55 bits per heavy atom. The van der Waals surface area contributed by atoms with Gasteiger partial charge in [0.15, 0.2) is 0 Å². The minimum Gasteiger partial charge on any atom is -0.388 e. The number of hydrogen-bond acceptors (Lipinski definition) is 2. The third-order valence-electron chi connectivity index (χ3n) is 3.64. The first kappa shape index (κ1) is 15.0. The summed E-state index contributed by atoms with van der Waals surface area (Å²) in [6, 6.07) is 8.11. The normalized spacial score (nSPS) is 15.2. The Morgan fingerprint density at radius 2 is 1.85 bits per heavy atom. The van der Waals surface area contributed by atoms with Crippen LogP contribution >= 0.6 is 0 Å². The predicted molar refractivity (Wildman–Crippen MR) is 84.6 cm³/mol. The Hall–Kier alpha value is -1.41. The van der Waals surface area contributed by atoms with E-state index in [0.717, 1.165) is 29.2 Å². The van der Waals surface area contributed by atoms with E-state index in [0.29, 0.717) is 11.3 Å². The first-order valence-corrected chi connectivity index (χ1v) is 7.37. The highest BCUT2D eigenvalue weighted by atomic mass is 16.3. The van der Waals surface area contributed by atoms with Crippen LogP contribution in [0, 0.1) is 11.3 Å². The van der Waals surface area contributed by atoms with Gasteiger partial charge in [-0.15, -0.1) is 0 Å². The Kier molecular flexibility index (Phi) is 4.44. The number of rotatable bonds is 4. The summed E-state index contributed by atoms with van der Waals surface area (Å²) in [5.74, 6) is 0.490. The zero-order chi connectivity index (χ0) is 14.8. The molecule has 1 N–H and O–H groups in total. The maximum absolute atomic E-state index is 10.5. The van der Waals surface area contributed by atoms with Crippen molar-refractivity contribution >= 4 is 10.8 Å². The molecular formula is C18H25NO. The highest BCUT2D eigenvalue weighted by Gasteiger charge is 2.20. The molecule has 2 atom stereocenters. The first-order valence-electron chi connectivity index (χ1n) is 7.37. The van der Waals surface area contributed by atoms with Crippen LogP contribution in [0.3, 0.4) is 0 Å². The molecule has 0 bridgehead atoms. The summed E-state index contributed by atoms with van der Waals surface area (Å²) in [4.78, 5) is 4.26. The van der Waals surface area contributed by atoms with E-state index in [-0.39, 0.29) is 0 Å². The summed E-state index contributed by atoms with van der Waals surface area (Å²) < 4.78 is 0. The summed E-state index contributed by atoms with van der Waals surface area (Å²) in [5, 5.41) is 12.7. The van der Waals surface area contributed by atoms with Gasteiger partial charge >= 0.3 is 0 Å². The van der Waals surface area contributed by atoms with Gasteiger partial charge in [-0.2, -0.15) is 0 Å². The van der Waals surface area contributed by atoms with Gasteiger partial charge in [-0.25, -0.2) is 0 Å². The number of aromatic nitrogens is 1. The van der Waals surface area contributed by atoms with Gasteiger partial charge in [0.05, 0.1) is 6.10 Å². The van der Waals surface area contributed by atoms with Gasteiger partial charge < -0.3 is 5.11 Å². The lowest BCUT2D eigenvalue weighted by atomic mass is 9.82. The lowest BCUT2D eigenvalue weighted by molar-refractivity contribution is 0.135. The number of fused-ring (bicyclic) bond motifs is 1. The molecule has 1 aromatic carbocycles. The van der Waals surface area contributed by atoms with Crippen molar-refractivity contribution in [3.63, 3.8) is 0 Å². The molecule has 2 rings (SSSR count). The van der Waals surface area contributed by atoms with Gasteiger partial charge in [0.25, 0.3) is 0 Å². The number of benzene rings is 1. The molecule has 0 aliphatic carbocycles. The number of pyridine rings is 1. The van der Waals surface area contributed by atoms with Crippen LogP contribution in [0.5, 0.6) is 0 Å². The third-order valence-corrected chi connectivity index (χ3v) is 3.64. The fraction of sp³-hybridized carbons (Fsp3) is 0.500. The molecule has 0 aliphatic rings. The molecule has 0 spiro atoms. The molecular weight excluding hydrogens is 246 g/mol. The van der Waals surface area contributed by atoms with Crippen molar-refractivity contribution in [3.05, 3.63) is 42.2 Å². The lowest BCUT2D eigenvalue weighted by Gasteiger charge is -2.25. The first-order chi connectivity index (χ1) is 9.37. The van der Waals surface area contributed by atoms with E-state index >= 15 is 0 Å². The Balaban J connectivity index is 2.17. The summed E-state index contributed by atoms with van der Waals surface area (Å²) >= 11 is 0. The van der Waals surface area contributed by atoms with E-state index in [4.69, 9.17) is 0 Å². The van der Waals surface area contributed by atoms with Crippen molar-refractivity contribution in [2.75, 3.05) is 0 Å². The third kappa shape index (κ3) is 3.80. The van der Waals surface area contributed by atoms with E-state index in [1.165, 1.54) is 0 Å². The molecule has 0 saturated carbocycles. The number of nitrogens with zero attached hydrogens (tertiary/aromatic N) is 1.